The molecule has 0 unspecified atom stereocenters. The van der Waals surface area contributed by atoms with Gasteiger partial charge in [0.15, 0.2) is 0 Å². The predicted octanol–water partition coefficient (Wildman–Crippen LogP) is 0.267. The molecule has 1 saturated carbocycles. The molecule has 0 aromatic carbocycles. The van der Waals surface area contributed by atoms with E-state index in [4.69, 9.17) is 5.11 Å². The van der Waals surface area contributed by atoms with Crippen molar-refractivity contribution in [3.8, 4) is 0 Å². The Morgan fingerprint density at radius 2 is 1.76 bits per heavy atom. The van der Waals surface area contributed by atoms with E-state index in [9.17, 15) is 14.4 Å². The van der Waals surface area contributed by atoms with Gasteiger partial charge in [-0.25, -0.2) is 4.79 Å². The highest BCUT2D eigenvalue weighted by Crippen LogP contribution is 2.52. The number of nitrogens with zero attached hydrogens (tertiary/aromatic N) is 1. The molecule has 1 aliphatic heterocycles. The second kappa shape index (κ2) is 3.18. The van der Waals surface area contributed by atoms with Crippen LogP contribution >= 0.6 is 0 Å². The van der Waals surface area contributed by atoms with Crippen LogP contribution in [0.3, 0.4) is 0 Å². The van der Waals surface area contributed by atoms with Gasteiger partial charge in [-0.2, -0.15) is 0 Å². The number of allylic oxidation sites excluding steroid dienone is 2. The predicted molar refractivity (Wildman–Crippen MR) is 56.7 cm³/mol. The number of carbonyl (C=O) groups is 3. The number of imide groups is 1. The zero-order valence-electron chi connectivity index (χ0n) is 9.37. The molecule has 0 spiro atoms. The van der Waals surface area contributed by atoms with Crippen molar-refractivity contribution in [3.05, 3.63) is 12.2 Å². The van der Waals surface area contributed by atoms with Crippen LogP contribution in [0.5, 0.6) is 0 Å². The molecule has 17 heavy (non-hydrogen) atoms. The van der Waals surface area contributed by atoms with Crippen LogP contribution in [0.2, 0.25) is 0 Å². The summed E-state index contributed by atoms with van der Waals surface area (Å²) in [6, 6.07) is -1.06. The van der Waals surface area contributed by atoms with Gasteiger partial charge in [0.25, 0.3) is 0 Å². The van der Waals surface area contributed by atoms with Crippen LogP contribution in [0.15, 0.2) is 12.2 Å². The summed E-state index contributed by atoms with van der Waals surface area (Å²) >= 11 is 0. The number of hydrogen-bond donors (Lipinski definition) is 1. The molecule has 2 fully saturated rings. The number of amides is 2. The highest BCUT2D eigenvalue weighted by atomic mass is 16.4. The average molecular weight is 235 g/mol. The van der Waals surface area contributed by atoms with Crippen molar-refractivity contribution in [2.75, 3.05) is 0 Å². The van der Waals surface area contributed by atoms with Crippen molar-refractivity contribution in [2.45, 2.75) is 19.4 Å². The summed E-state index contributed by atoms with van der Waals surface area (Å²) in [7, 11) is 0. The summed E-state index contributed by atoms with van der Waals surface area (Å²) in [6.07, 6.45) is 4.85. The molecule has 2 bridgehead atoms. The van der Waals surface area contributed by atoms with Crippen LogP contribution in [-0.2, 0) is 14.4 Å². The fraction of sp³-hybridized carbons (Fsp3) is 0.583. The van der Waals surface area contributed by atoms with E-state index in [2.05, 4.69) is 0 Å². The van der Waals surface area contributed by atoms with Gasteiger partial charge in [0, 0.05) is 0 Å². The molecule has 1 N–H and O–H groups in total. The molecule has 5 atom stereocenters. The SMILES string of the molecule is C[C@H](C(=O)O)N1C(=O)[C@@H]2[C@@H](C1=O)[C@H]1C=C[C@@H]2C1. The lowest BCUT2D eigenvalue weighted by molar-refractivity contribution is -0.154. The molecule has 2 amide bonds. The topological polar surface area (TPSA) is 74.7 Å². The maximum atomic E-state index is 12.1. The van der Waals surface area contributed by atoms with E-state index in [0.29, 0.717) is 0 Å². The van der Waals surface area contributed by atoms with Gasteiger partial charge in [-0.15, -0.1) is 0 Å². The number of rotatable bonds is 2. The van der Waals surface area contributed by atoms with Gasteiger partial charge in [0.05, 0.1) is 11.8 Å². The third kappa shape index (κ3) is 1.16. The van der Waals surface area contributed by atoms with Gasteiger partial charge >= 0.3 is 5.97 Å². The fourth-order valence-electron chi connectivity index (χ4n) is 3.42. The molecule has 3 rings (SSSR count). The molecule has 90 valence electrons. The normalized spacial score (nSPS) is 39.9. The first kappa shape index (κ1) is 10.5. The quantitative estimate of drug-likeness (QED) is 0.550. The summed E-state index contributed by atoms with van der Waals surface area (Å²) < 4.78 is 0. The van der Waals surface area contributed by atoms with E-state index in [1.165, 1.54) is 6.92 Å². The number of carboxylic acid groups (broad SMARTS) is 1. The number of fused-ring (bicyclic) bond motifs is 5. The third-order valence-corrected chi connectivity index (χ3v) is 4.25. The number of carbonyl (C=O) groups excluding carboxylic acids is 2. The fourth-order valence-corrected chi connectivity index (χ4v) is 3.42. The van der Waals surface area contributed by atoms with Crippen molar-refractivity contribution < 1.29 is 19.5 Å². The summed E-state index contributed by atoms with van der Waals surface area (Å²) in [6.45, 7) is 1.38. The van der Waals surface area contributed by atoms with Gasteiger partial charge in [-0.05, 0) is 25.2 Å². The third-order valence-electron chi connectivity index (χ3n) is 4.25. The summed E-state index contributed by atoms with van der Waals surface area (Å²) in [4.78, 5) is 36.1. The van der Waals surface area contributed by atoms with Crippen molar-refractivity contribution in [3.63, 3.8) is 0 Å². The van der Waals surface area contributed by atoms with Crippen molar-refractivity contribution in [1.29, 1.82) is 0 Å². The van der Waals surface area contributed by atoms with Gasteiger partial charge < -0.3 is 5.11 Å². The Kier molecular flexibility index (Phi) is 1.97. The highest BCUT2D eigenvalue weighted by molar-refractivity contribution is 6.08. The van der Waals surface area contributed by atoms with Gasteiger partial charge in [-0.1, -0.05) is 12.2 Å². The van der Waals surface area contributed by atoms with Crippen LogP contribution in [0.25, 0.3) is 0 Å². The van der Waals surface area contributed by atoms with E-state index >= 15 is 0 Å². The van der Waals surface area contributed by atoms with E-state index in [0.717, 1.165) is 11.3 Å². The van der Waals surface area contributed by atoms with Gasteiger partial charge in [-0.3, -0.25) is 14.5 Å². The first-order chi connectivity index (χ1) is 8.02. The van der Waals surface area contributed by atoms with Gasteiger partial charge in [0.2, 0.25) is 11.8 Å². The van der Waals surface area contributed by atoms with Crippen LogP contribution < -0.4 is 0 Å². The van der Waals surface area contributed by atoms with Crippen LogP contribution in [0, 0.1) is 23.7 Å². The lowest BCUT2D eigenvalue weighted by Crippen LogP contribution is -2.44. The molecule has 5 nitrogen and oxygen atoms in total. The lowest BCUT2D eigenvalue weighted by Gasteiger charge is -2.20. The average Bonchev–Trinajstić information content (AvgIpc) is 2.92. The molecule has 1 saturated heterocycles. The second-order valence-corrected chi connectivity index (χ2v) is 5.06. The number of likely N-dealkylation sites (tertiary alicyclic amines) is 1. The van der Waals surface area contributed by atoms with E-state index in [1.807, 2.05) is 12.2 Å². The molecule has 0 aromatic heterocycles. The summed E-state index contributed by atoms with van der Waals surface area (Å²) in [5.74, 6) is -2.08. The Morgan fingerprint density at radius 3 is 2.18 bits per heavy atom. The van der Waals surface area contributed by atoms with Crippen molar-refractivity contribution >= 4 is 17.8 Å². The van der Waals surface area contributed by atoms with E-state index in [1.54, 1.807) is 0 Å². The van der Waals surface area contributed by atoms with Crippen molar-refractivity contribution in [2.24, 2.45) is 23.7 Å². The summed E-state index contributed by atoms with van der Waals surface area (Å²) in [5.41, 5.74) is 0. The summed E-state index contributed by atoms with van der Waals surface area (Å²) in [5, 5.41) is 8.93. The van der Waals surface area contributed by atoms with E-state index in [-0.39, 0.29) is 35.5 Å². The zero-order valence-corrected chi connectivity index (χ0v) is 9.37. The maximum Gasteiger partial charge on any atom is 0.326 e. The number of carboxylic acids is 1. The number of aliphatic carboxylic acids is 1. The monoisotopic (exact) mass is 235 g/mol. The molecule has 0 radical (unpaired) electrons. The van der Waals surface area contributed by atoms with Crippen molar-refractivity contribution in [1.82, 2.24) is 4.90 Å². The molecule has 2 aliphatic carbocycles. The van der Waals surface area contributed by atoms with Gasteiger partial charge in [0.1, 0.15) is 6.04 Å². The number of hydrogen-bond acceptors (Lipinski definition) is 3. The first-order valence-corrected chi connectivity index (χ1v) is 5.80. The molecular formula is C12H13NO4. The largest absolute Gasteiger partial charge is 0.480 e. The minimum Gasteiger partial charge on any atom is -0.480 e. The molecule has 1 heterocycles. The Balaban J connectivity index is 1.95. The maximum absolute atomic E-state index is 12.1. The second-order valence-electron chi connectivity index (χ2n) is 5.06. The molecule has 0 aromatic rings. The van der Waals surface area contributed by atoms with Crippen LogP contribution in [0.4, 0.5) is 0 Å². The van der Waals surface area contributed by atoms with E-state index < -0.39 is 12.0 Å². The Labute approximate surface area is 98.1 Å². The zero-order chi connectivity index (χ0) is 12.3. The minimum atomic E-state index is -1.13. The first-order valence-electron chi connectivity index (χ1n) is 5.80. The molecular weight excluding hydrogens is 222 g/mol. The Bertz CT molecular complexity index is 425. The minimum absolute atomic E-state index is 0.132. The standard InChI is InChI=1S/C12H13NO4/c1-5(12(16)17)13-10(14)8-6-2-3-7(4-6)9(8)11(13)15/h2-3,5-9H,4H2,1H3,(H,16,17)/t5-,6-,7+,8+,9+/m1/s1. The highest BCUT2D eigenvalue weighted by Gasteiger charge is 2.60. The smallest absolute Gasteiger partial charge is 0.326 e. The van der Waals surface area contributed by atoms with Crippen LogP contribution in [0.1, 0.15) is 13.3 Å². The molecule has 3 aliphatic rings. The Morgan fingerprint density at radius 1 is 1.29 bits per heavy atom. The lowest BCUT2D eigenvalue weighted by atomic mass is 9.85. The Hall–Kier alpha value is -1.65. The molecule has 5 heteroatoms. The van der Waals surface area contributed by atoms with Crippen LogP contribution in [-0.4, -0.2) is 33.8 Å².